The molecular formula is C12H11N5O2S. The van der Waals surface area contributed by atoms with Crippen molar-refractivity contribution in [2.45, 2.75) is 22.8 Å². The fourth-order valence-electron chi connectivity index (χ4n) is 2.17. The summed E-state index contributed by atoms with van der Waals surface area (Å²) in [6.45, 7) is 1.39. The Bertz CT molecular complexity index is 701. The van der Waals surface area contributed by atoms with Crippen molar-refractivity contribution in [1.82, 2.24) is 25.2 Å². The van der Waals surface area contributed by atoms with Crippen LogP contribution >= 0.6 is 11.8 Å². The van der Waals surface area contributed by atoms with Crippen molar-refractivity contribution < 1.29 is 9.15 Å². The monoisotopic (exact) mass is 289 g/mol. The smallest absolute Gasteiger partial charge is 0.264 e. The standard InChI is InChI=1S/C12H11N5O2S/c1-2-4-10-9(3-1)13-12(19-10)20-11-14-15-16-17(11)8-5-6-18-7-8/h1-4,8H,5-7H2. The van der Waals surface area contributed by atoms with Gasteiger partial charge in [-0.3, -0.25) is 0 Å². The van der Waals surface area contributed by atoms with Crippen molar-refractivity contribution in [1.29, 1.82) is 0 Å². The van der Waals surface area contributed by atoms with Gasteiger partial charge in [0.25, 0.3) is 5.22 Å². The molecule has 3 heterocycles. The van der Waals surface area contributed by atoms with E-state index >= 15 is 0 Å². The van der Waals surface area contributed by atoms with Gasteiger partial charge in [0.15, 0.2) is 5.58 Å². The molecule has 1 saturated heterocycles. The zero-order valence-corrected chi connectivity index (χ0v) is 11.3. The number of hydrogen-bond acceptors (Lipinski definition) is 7. The van der Waals surface area contributed by atoms with Crippen molar-refractivity contribution in [3.63, 3.8) is 0 Å². The van der Waals surface area contributed by atoms with Gasteiger partial charge in [0.2, 0.25) is 5.16 Å². The largest absolute Gasteiger partial charge is 0.431 e. The Morgan fingerprint density at radius 3 is 3.10 bits per heavy atom. The van der Waals surface area contributed by atoms with E-state index in [1.54, 1.807) is 4.68 Å². The lowest BCUT2D eigenvalue weighted by atomic mass is 10.3. The molecular weight excluding hydrogens is 278 g/mol. The summed E-state index contributed by atoms with van der Waals surface area (Å²) in [6.07, 6.45) is 0.923. The average molecular weight is 289 g/mol. The van der Waals surface area contributed by atoms with Crippen LogP contribution < -0.4 is 0 Å². The van der Waals surface area contributed by atoms with Crippen LogP contribution in [0.15, 0.2) is 39.1 Å². The lowest BCUT2D eigenvalue weighted by Crippen LogP contribution is -2.11. The number of hydrogen-bond donors (Lipinski definition) is 0. The second kappa shape index (κ2) is 4.88. The first-order chi connectivity index (χ1) is 9.90. The number of benzene rings is 1. The van der Waals surface area contributed by atoms with E-state index in [-0.39, 0.29) is 6.04 Å². The SMILES string of the molecule is c1ccc2oc(Sc3nnnn3C3CCOC3)nc2c1. The number of aromatic nitrogens is 5. The predicted octanol–water partition coefficient (Wildman–Crippen LogP) is 1.93. The molecule has 0 spiro atoms. The maximum absolute atomic E-state index is 5.67. The molecule has 1 fully saturated rings. The number of oxazole rings is 1. The van der Waals surface area contributed by atoms with Crippen LogP contribution in [-0.4, -0.2) is 38.4 Å². The molecule has 20 heavy (non-hydrogen) atoms. The molecule has 0 N–H and O–H groups in total. The molecule has 0 aliphatic carbocycles. The van der Waals surface area contributed by atoms with E-state index in [1.165, 1.54) is 11.8 Å². The Labute approximate surface area is 118 Å². The van der Waals surface area contributed by atoms with E-state index in [4.69, 9.17) is 9.15 Å². The molecule has 0 radical (unpaired) electrons. The Morgan fingerprint density at radius 2 is 2.25 bits per heavy atom. The Morgan fingerprint density at radius 1 is 1.30 bits per heavy atom. The van der Waals surface area contributed by atoms with Crippen molar-refractivity contribution in [3.05, 3.63) is 24.3 Å². The highest BCUT2D eigenvalue weighted by Gasteiger charge is 2.23. The zero-order valence-electron chi connectivity index (χ0n) is 10.5. The van der Waals surface area contributed by atoms with E-state index in [0.717, 1.165) is 24.1 Å². The molecule has 8 heteroatoms. The molecule has 1 unspecified atom stereocenters. The molecule has 0 amide bonds. The van der Waals surface area contributed by atoms with E-state index in [9.17, 15) is 0 Å². The Kier molecular flexibility index (Phi) is 2.89. The van der Waals surface area contributed by atoms with E-state index in [0.29, 0.717) is 17.0 Å². The zero-order chi connectivity index (χ0) is 13.4. The van der Waals surface area contributed by atoms with Gasteiger partial charge in [0, 0.05) is 18.4 Å². The highest BCUT2D eigenvalue weighted by molar-refractivity contribution is 7.99. The molecule has 1 atom stereocenters. The fourth-order valence-corrected chi connectivity index (χ4v) is 2.96. The molecule has 1 aliphatic rings. The molecule has 1 aliphatic heterocycles. The molecule has 7 nitrogen and oxygen atoms in total. The molecule has 4 rings (SSSR count). The quantitative estimate of drug-likeness (QED) is 0.728. The third kappa shape index (κ3) is 2.06. The van der Waals surface area contributed by atoms with Gasteiger partial charge in [-0.05, 0) is 29.0 Å². The Hall–Kier alpha value is -1.93. The Balaban J connectivity index is 1.63. The summed E-state index contributed by atoms with van der Waals surface area (Å²) in [5.41, 5.74) is 1.59. The summed E-state index contributed by atoms with van der Waals surface area (Å²) in [4.78, 5) is 4.41. The topological polar surface area (TPSA) is 78.9 Å². The maximum Gasteiger partial charge on any atom is 0.264 e. The van der Waals surface area contributed by atoms with Gasteiger partial charge in [-0.2, -0.15) is 0 Å². The van der Waals surface area contributed by atoms with Crippen LogP contribution in [-0.2, 0) is 4.74 Å². The summed E-state index contributed by atoms with van der Waals surface area (Å²) >= 11 is 1.33. The van der Waals surface area contributed by atoms with E-state index < -0.39 is 0 Å². The summed E-state index contributed by atoms with van der Waals surface area (Å²) in [6, 6.07) is 7.84. The van der Waals surface area contributed by atoms with Crippen molar-refractivity contribution in [2.24, 2.45) is 0 Å². The highest BCUT2D eigenvalue weighted by atomic mass is 32.2. The summed E-state index contributed by atoms with van der Waals surface area (Å²) in [5, 5.41) is 13.0. The molecule has 0 bridgehead atoms. The minimum absolute atomic E-state index is 0.192. The normalized spacial score (nSPS) is 18.9. The highest BCUT2D eigenvalue weighted by Crippen LogP contribution is 2.30. The second-order valence-electron chi connectivity index (χ2n) is 4.47. The van der Waals surface area contributed by atoms with Gasteiger partial charge < -0.3 is 9.15 Å². The van der Waals surface area contributed by atoms with Gasteiger partial charge in [0.1, 0.15) is 5.52 Å². The first-order valence-electron chi connectivity index (χ1n) is 6.29. The number of tetrazole rings is 1. The number of fused-ring (bicyclic) bond motifs is 1. The molecule has 3 aromatic rings. The first kappa shape index (κ1) is 11.9. The number of nitrogens with zero attached hydrogens (tertiary/aromatic N) is 5. The number of rotatable bonds is 3. The summed E-state index contributed by atoms with van der Waals surface area (Å²) in [7, 11) is 0. The summed E-state index contributed by atoms with van der Waals surface area (Å²) < 4.78 is 12.8. The number of ether oxygens (including phenoxy) is 1. The van der Waals surface area contributed by atoms with Gasteiger partial charge in [-0.1, -0.05) is 12.1 Å². The van der Waals surface area contributed by atoms with Crippen molar-refractivity contribution >= 4 is 22.9 Å². The van der Waals surface area contributed by atoms with Crippen LogP contribution in [0.2, 0.25) is 0 Å². The lowest BCUT2D eigenvalue weighted by Gasteiger charge is -2.07. The maximum atomic E-state index is 5.67. The van der Waals surface area contributed by atoms with Gasteiger partial charge in [-0.25, -0.2) is 9.67 Å². The molecule has 1 aromatic carbocycles. The van der Waals surface area contributed by atoms with Gasteiger partial charge in [0.05, 0.1) is 12.6 Å². The van der Waals surface area contributed by atoms with Crippen LogP contribution in [0.5, 0.6) is 0 Å². The fraction of sp³-hybridized carbons (Fsp3) is 0.333. The average Bonchev–Trinajstić information content (AvgIpc) is 3.18. The van der Waals surface area contributed by atoms with Crippen LogP contribution in [0.1, 0.15) is 12.5 Å². The molecule has 0 saturated carbocycles. The third-order valence-electron chi connectivity index (χ3n) is 3.17. The minimum atomic E-state index is 0.192. The van der Waals surface area contributed by atoms with Crippen LogP contribution in [0.3, 0.4) is 0 Å². The molecule has 102 valence electrons. The van der Waals surface area contributed by atoms with E-state index in [2.05, 4.69) is 20.5 Å². The van der Waals surface area contributed by atoms with Crippen molar-refractivity contribution in [2.75, 3.05) is 13.2 Å². The number of para-hydroxylation sites is 2. The lowest BCUT2D eigenvalue weighted by molar-refractivity contribution is 0.182. The van der Waals surface area contributed by atoms with E-state index in [1.807, 2.05) is 24.3 Å². The van der Waals surface area contributed by atoms with Crippen LogP contribution in [0.25, 0.3) is 11.1 Å². The third-order valence-corrected chi connectivity index (χ3v) is 3.97. The minimum Gasteiger partial charge on any atom is -0.431 e. The van der Waals surface area contributed by atoms with Crippen LogP contribution in [0, 0.1) is 0 Å². The second-order valence-corrected chi connectivity index (χ2v) is 5.39. The first-order valence-corrected chi connectivity index (χ1v) is 7.11. The summed E-state index contributed by atoms with van der Waals surface area (Å²) in [5.74, 6) is 0. The van der Waals surface area contributed by atoms with Gasteiger partial charge >= 0.3 is 0 Å². The molecule has 2 aromatic heterocycles. The van der Waals surface area contributed by atoms with Crippen molar-refractivity contribution in [3.8, 4) is 0 Å². The van der Waals surface area contributed by atoms with Crippen LogP contribution in [0.4, 0.5) is 0 Å². The van der Waals surface area contributed by atoms with Gasteiger partial charge in [-0.15, -0.1) is 5.10 Å². The predicted molar refractivity (Wildman–Crippen MR) is 70.4 cm³/mol.